The number of allylic oxidation sites excluding steroid dienone is 4. The van der Waals surface area contributed by atoms with E-state index < -0.39 is 0 Å². The molecule has 2 heteroatoms. The summed E-state index contributed by atoms with van der Waals surface area (Å²) in [6.07, 6.45) is 8.37. The first-order valence-corrected chi connectivity index (χ1v) is 5.54. The first kappa shape index (κ1) is 10.7. The van der Waals surface area contributed by atoms with E-state index in [4.69, 9.17) is 0 Å². The van der Waals surface area contributed by atoms with Crippen molar-refractivity contribution in [3.8, 4) is 0 Å². The first-order valence-electron chi connectivity index (χ1n) is 5.54. The molecule has 0 fully saturated rings. The van der Waals surface area contributed by atoms with Crippen LogP contribution in [-0.4, -0.2) is 12.5 Å². The van der Waals surface area contributed by atoms with Gasteiger partial charge in [-0.1, -0.05) is 36.4 Å². The molecule has 1 aromatic carbocycles. The van der Waals surface area contributed by atoms with Gasteiger partial charge in [-0.2, -0.15) is 0 Å². The van der Waals surface area contributed by atoms with Crippen LogP contribution in [0.1, 0.15) is 28.8 Å². The highest BCUT2D eigenvalue weighted by molar-refractivity contribution is 5.94. The van der Waals surface area contributed by atoms with Crippen LogP contribution in [0.25, 0.3) is 0 Å². The Morgan fingerprint density at radius 1 is 1.19 bits per heavy atom. The summed E-state index contributed by atoms with van der Waals surface area (Å²) < 4.78 is 0. The summed E-state index contributed by atoms with van der Waals surface area (Å²) in [4.78, 5) is 11.5. The molecule has 0 atom stereocenters. The average molecular weight is 213 g/mol. The van der Waals surface area contributed by atoms with Crippen molar-refractivity contribution in [2.24, 2.45) is 0 Å². The summed E-state index contributed by atoms with van der Waals surface area (Å²) in [6.45, 7) is 2.58. The molecular weight excluding hydrogens is 198 g/mol. The predicted molar refractivity (Wildman–Crippen MR) is 65.5 cm³/mol. The fourth-order valence-corrected chi connectivity index (χ4v) is 1.77. The number of nitrogens with one attached hydrogen (secondary N) is 1. The van der Waals surface area contributed by atoms with Gasteiger partial charge in [0.05, 0.1) is 0 Å². The lowest BCUT2D eigenvalue weighted by atomic mass is 9.99. The summed E-state index contributed by atoms with van der Waals surface area (Å²) in [5, 5.41) is 2.78. The molecule has 0 aliphatic heterocycles. The minimum Gasteiger partial charge on any atom is -0.352 e. The number of benzene rings is 1. The highest BCUT2D eigenvalue weighted by Crippen LogP contribution is 2.22. The number of hydrogen-bond acceptors (Lipinski definition) is 1. The Morgan fingerprint density at radius 3 is 2.38 bits per heavy atom. The van der Waals surface area contributed by atoms with Crippen LogP contribution in [0.5, 0.6) is 0 Å². The van der Waals surface area contributed by atoms with Gasteiger partial charge in [0, 0.05) is 18.0 Å². The molecule has 0 spiro atoms. The van der Waals surface area contributed by atoms with E-state index in [1.165, 1.54) is 5.56 Å². The summed E-state index contributed by atoms with van der Waals surface area (Å²) >= 11 is 0. The summed E-state index contributed by atoms with van der Waals surface area (Å²) in [5.41, 5.74) is 1.94. The van der Waals surface area contributed by atoms with Crippen LogP contribution in [0.3, 0.4) is 0 Å². The van der Waals surface area contributed by atoms with E-state index in [2.05, 4.69) is 17.5 Å². The molecular formula is C14H15NO. The van der Waals surface area contributed by atoms with Gasteiger partial charge in [-0.3, -0.25) is 4.79 Å². The third kappa shape index (κ3) is 2.22. The third-order valence-corrected chi connectivity index (χ3v) is 2.64. The SMILES string of the molecule is CCNC(=O)c1ccc(C2C=CC=C2)cc1. The molecule has 1 aliphatic rings. The number of hydrogen-bond donors (Lipinski definition) is 1. The molecule has 1 aromatic rings. The molecule has 0 aromatic heterocycles. The maximum absolute atomic E-state index is 11.5. The maximum Gasteiger partial charge on any atom is 0.251 e. The van der Waals surface area contributed by atoms with Gasteiger partial charge in [0.1, 0.15) is 0 Å². The van der Waals surface area contributed by atoms with Gasteiger partial charge in [-0.05, 0) is 24.6 Å². The van der Waals surface area contributed by atoms with Crippen molar-refractivity contribution in [1.82, 2.24) is 5.32 Å². The highest BCUT2D eigenvalue weighted by Gasteiger charge is 2.08. The molecule has 0 unspecified atom stereocenters. The monoisotopic (exact) mass is 213 g/mol. The van der Waals surface area contributed by atoms with E-state index >= 15 is 0 Å². The molecule has 82 valence electrons. The van der Waals surface area contributed by atoms with Gasteiger partial charge < -0.3 is 5.32 Å². The van der Waals surface area contributed by atoms with Crippen molar-refractivity contribution in [1.29, 1.82) is 0 Å². The molecule has 0 saturated heterocycles. The zero-order valence-electron chi connectivity index (χ0n) is 9.31. The Morgan fingerprint density at radius 2 is 1.81 bits per heavy atom. The van der Waals surface area contributed by atoms with Gasteiger partial charge in [-0.25, -0.2) is 0 Å². The second-order valence-corrected chi connectivity index (χ2v) is 3.78. The molecule has 0 saturated carbocycles. The van der Waals surface area contributed by atoms with Gasteiger partial charge in [0.25, 0.3) is 5.91 Å². The Balaban J connectivity index is 2.13. The Hall–Kier alpha value is -1.83. The number of carbonyl (C=O) groups is 1. The third-order valence-electron chi connectivity index (χ3n) is 2.64. The lowest BCUT2D eigenvalue weighted by molar-refractivity contribution is 0.0956. The molecule has 0 radical (unpaired) electrons. The van der Waals surface area contributed by atoms with Crippen LogP contribution in [-0.2, 0) is 0 Å². The molecule has 1 aliphatic carbocycles. The van der Waals surface area contributed by atoms with Gasteiger partial charge in [0.15, 0.2) is 0 Å². The summed E-state index contributed by atoms with van der Waals surface area (Å²) in [6, 6.07) is 7.77. The van der Waals surface area contributed by atoms with Crippen molar-refractivity contribution < 1.29 is 4.79 Å². The summed E-state index contributed by atoms with van der Waals surface area (Å²) in [7, 11) is 0. The van der Waals surface area contributed by atoms with Crippen LogP contribution >= 0.6 is 0 Å². The molecule has 2 nitrogen and oxygen atoms in total. The van der Waals surface area contributed by atoms with Crippen molar-refractivity contribution in [2.75, 3.05) is 6.54 Å². The van der Waals surface area contributed by atoms with Crippen LogP contribution in [0.2, 0.25) is 0 Å². The molecule has 1 N–H and O–H groups in total. The molecule has 16 heavy (non-hydrogen) atoms. The second kappa shape index (κ2) is 4.79. The van der Waals surface area contributed by atoms with E-state index in [9.17, 15) is 4.79 Å². The molecule has 2 rings (SSSR count). The highest BCUT2D eigenvalue weighted by atomic mass is 16.1. The van der Waals surface area contributed by atoms with Crippen LogP contribution in [0.15, 0.2) is 48.6 Å². The average Bonchev–Trinajstić information content (AvgIpc) is 2.83. The minimum atomic E-state index is -0.00782. The zero-order chi connectivity index (χ0) is 11.4. The Labute approximate surface area is 95.7 Å². The van der Waals surface area contributed by atoms with Crippen LogP contribution < -0.4 is 5.32 Å². The van der Waals surface area contributed by atoms with Gasteiger partial charge in [-0.15, -0.1) is 0 Å². The van der Waals surface area contributed by atoms with Crippen molar-refractivity contribution in [3.63, 3.8) is 0 Å². The number of rotatable bonds is 3. The topological polar surface area (TPSA) is 29.1 Å². The van der Waals surface area contributed by atoms with E-state index in [0.29, 0.717) is 12.5 Å². The number of amides is 1. The van der Waals surface area contributed by atoms with Gasteiger partial charge >= 0.3 is 0 Å². The zero-order valence-corrected chi connectivity index (χ0v) is 9.31. The lowest BCUT2D eigenvalue weighted by Crippen LogP contribution is -2.22. The van der Waals surface area contributed by atoms with Gasteiger partial charge in [0.2, 0.25) is 0 Å². The second-order valence-electron chi connectivity index (χ2n) is 3.78. The fourth-order valence-electron chi connectivity index (χ4n) is 1.77. The smallest absolute Gasteiger partial charge is 0.251 e. The Bertz CT molecular complexity index is 417. The predicted octanol–water partition coefficient (Wildman–Crippen LogP) is 2.65. The molecule has 0 heterocycles. The summed E-state index contributed by atoms with van der Waals surface area (Å²) in [5.74, 6) is 0.356. The Kier molecular flexibility index (Phi) is 3.20. The van der Waals surface area contributed by atoms with Crippen molar-refractivity contribution >= 4 is 5.91 Å². The fraction of sp³-hybridized carbons (Fsp3) is 0.214. The standard InChI is InChI=1S/C14H15NO/c1-2-15-14(16)13-9-7-12(8-10-13)11-5-3-4-6-11/h3-11H,2H2,1H3,(H,15,16). The lowest BCUT2D eigenvalue weighted by Gasteiger charge is -2.07. The van der Waals surface area contributed by atoms with E-state index in [-0.39, 0.29) is 5.91 Å². The molecule has 0 bridgehead atoms. The maximum atomic E-state index is 11.5. The first-order chi connectivity index (χ1) is 7.81. The molecule has 1 amide bonds. The van der Waals surface area contributed by atoms with Crippen LogP contribution in [0.4, 0.5) is 0 Å². The minimum absolute atomic E-state index is 0.00782. The van der Waals surface area contributed by atoms with E-state index in [1.54, 1.807) is 0 Å². The van der Waals surface area contributed by atoms with E-state index in [0.717, 1.165) is 5.56 Å². The quantitative estimate of drug-likeness (QED) is 0.821. The van der Waals surface area contributed by atoms with Crippen molar-refractivity contribution in [3.05, 3.63) is 59.7 Å². The van der Waals surface area contributed by atoms with Crippen molar-refractivity contribution in [2.45, 2.75) is 12.8 Å². The van der Waals surface area contributed by atoms with E-state index in [1.807, 2.05) is 43.3 Å². The van der Waals surface area contributed by atoms with Crippen LogP contribution in [0, 0.1) is 0 Å². The largest absolute Gasteiger partial charge is 0.352 e. The number of carbonyl (C=O) groups excluding carboxylic acids is 1. The normalized spacial score (nSPS) is 14.3.